The van der Waals surface area contributed by atoms with E-state index in [-0.39, 0.29) is 0 Å². The van der Waals surface area contributed by atoms with E-state index in [1.807, 2.05) is 0 Å². The van der Waals surface area contributed by atoms with Gasteiger partial charge in [-0.25, -0.2) is 4.98 Å². The van der Waals surface area contributed by atoms with E-state index in [0.29, 0.717) is 29.9 Å². The zero-order valence-corrected chi connectivity index (χ0v) is 8.66. The Bertz CT molecular complexity index is 281. The second kappa shape index (κ2) is 4.69. The van der Waals surface area contributed by atoms with Crippen LogP contribution in [0.1, 0.15) is 20.3 Å². The molecule has 14 heavy (non-hydrogen) atoms. The van der Waals surface area contributed by atoms with E-state index in [1.165, 1.54) is 0 Å². The molecule has 1 aromatic heterocycles. The van der Waals surface area contributed by atoms with Gasteiger partial charge in [0, 0.05) is 12.1 Å². The van der Waals surface area contributed by atoms with Crippen molar-refractivity contribution >= 4 is 11.6 Å². The fraction of sp³-hybridized carbons (Fsp3) is 0.500. The van der Waals surface area contributed by atoms with Gasteiger partial charge in [-0.05, 0) is 5.92 Å². The van der Waals surface area contributed by atoms with Crippen LogP contribution in [0.2, 0.25) is 0 Å². The van der Waals surface area contributed by atoms with Gasteiger partial charge in [-0.3, -0.25) is 0 Å². The van der Waals surface area contributed by atoms with Crippen molar-refractivity contribution in [3.8, 4) is 5.75 Å². The van der Waals surface area contributed by atoms with Crippen molar-refractivity contribution in [2.45, 2.75) is 20.3 Å². The van der Waals surface area contributed by atoms with E-state index in [9.17, 15) is 0 Å². The lowest BCUT2D eigenvalue weighted by molar-refractivity contribution is 0.256. The van der Waals surface area contributed by atoms with Crippen molar-refractivity contribution < 1.29 is 4.74 Å². The Balaban J connectivity index is 2.58. The zero-order chi connectivity index (χ0) is 10.6. The lowest BCUT2D eigenvalue weighted by Gasteiger charge is -2.11. The predicted molar refractivity (Wildman–Crippen MR) is 58.0 cm³/mol. The molecule has 1 heterocycles. The topological polar surface area (TPSA) is 74.2 Å². The standard InChI is InChI=1S/C10H17N3O/c1-3-7(2)6-14-8-4-9(11)13-10(12)5-8/h4-5,7H,3,6H2,1-2H3,(H4,11,12,13). The monoisotopic (exact) mass is 195 g/mol. The van der Waals surface area contributed by atoms with Gasteiger partial charge >= 0.3 is 0 Å². The van der Waals surface area contributed by atoms with Crippen LogP contribution in [-0.4, -0.2) is 11.6 Å². The molecule has 0 aliphatic carbocycles. The number of nitrogens with two attached hydrogens (primary N) is 2. The van der Waals surface area contributed by atoms with Crippen molar-refractivity contribution in [1.82, 2.24) is 4.98 Å². The van der Waals surface area contributed by atoms with Crippen LogP contribution in [0.3, 0.4) is 0 Å². The Hall–Kier alpha value is -1.45. The Labute approximate surface area is 84.3 Å². The molecule has 0 saturated carbocycles. The molecular weight excluding hydrogens is 178 g/mol. The third-order valence-corrected chi connectivity index (χ3v) is 2.07. The summed E-state index contributed by atoms with van der Waals surface area (Å²) < 4.78 is 5.52. The molecule has 4 N–H and O–H groups in total. The summed E-state index contributed by atoms with van der Waals surface area (Å²) >= 11 is 0. The van der Waals surface area contributed by atoms with E-state index in [0.717, 1.165) is 6.42 Å². The van der Waals surface area contributed by atoms with E-state index >= 15 is 0 Å². The fourth-order valence-corrected chi connectivity index (χ4v) is 0.986. The molecule has 0 saturated heterocycles. The number of pyridine rings is 1. The minimum Gasteiger partial charge on any atom is -0.493 e. The molecule has 0 spiro atoms. The zero-order valence-electron chi connectivity index (χ0n) is 8.66. The molecule has 1 unspecified atom stereocenters. The first kappa shape index (κ1) is 10.6. The number of nitrogen functional groups attached to an aromatic ring is 2. The van der Waals surface area contributed by atoms with Crippen molar-refractivity contribution in [2.75, 3.05) is 18.1 Å². The molecule has 0 aliphatic rings. The molecule has 0 amide bonds. The lowest BCUT2D eigenvalue weighted by Crippen LogP contribution is -2.08. The average Bonchev–Trinajstić information content (AvgIpc) is 2.12. The van der Waals surface area contributed by atoms with Crippen LogP contribution in [0.15, 0.2) is 12.1 Å². The minimum absolute atomic E-state index is 0.393. The molecule has 0 radical (unpaired) electrons. The fourth-order valence-electron chi connectivity index (χ4n) is 0.986. The minimum atomic E-state index is 0.393. The van der Waals surface area contributed by atoms with Crippen LogP contribution in [0, 0.1) is 5.92 Å². The Morgan fingerprint density at radius 2 is 1.93 bits per heavy atom. The van der Waals surface area contributed by atoms with Gasteiger partial charge in [0.25, 0.3) is 0 Å². The molecule has 4 nitrogen and oxygen atoms in total. The largest absolute Gasteiger partial charge is 0.493 e. The van der Waals surface area contributed by atoms with E-state index in [1.54, 1.807) is 12.1 Å². The maximum absolute atomic E-state index is 5.53. The average molecular weight is 195 g/mol. The van der Waals surface area contributed by atoms with Crippen molar-refractivity contribution in [3.63, 3.8) is 0 Å². The summed E-state index contributed by atoms with van der Waals surface area (Å²) in [6.07, 6.45) is 1.09. The SMILES string of the molecule is CCC(C)COc1cc(N)nc(N)c1. The van der Waals surface area contributed by atoms with Crippen molar-refractivity contribution in [2.24, 2.45) is 5.92 Å². The highest BCUT2D eigenvalue weighted by molar-refractivity contribution is 5.46. The maximum Gasteiger partial charge on any atom is 0.129 e. The van der Waals surface area contributed by atoms with Crippen molar-refractivity contribution in [3.05, 3.63) is 12.1 Å². The molecule has 1 atom stereocenters. The Kier molecular flexibility index (Phi) is 3.56. The molecule has 1 rings (SSSR count). The molecule has 0 fully saturated rings. The first-order chi connectivity index (χ1) is 6.61. The third kappa shape index (κ3) is 3.12. The summed E-state index contributed by atoms with van der Waals surface area (Å²) in [5, 5.41) is 0. The van der Waals surface area contributed by atoms with Crippen LogP contribution >= 0.6 is 0 Å². The highest BCUT2D eigenvalue weighted by Gasteiger charge is 2.02. The second-order valence-corrected chi connectivity index (χ2v) is 3.48. The van der Waals surface area contributed by atoms with Gasteiger partial charge in [-0.1, -0.05) is 20.3 Å². The third-order valence-electron chi connectivity index (χ3n) is 2.07. The van der Waals surface area contributed by atoms with Crippen LogP contribution in [0.4, 0.5) is 11.6 Å². The number of anilines is 2. The van der Waals surface area contributed by atoms with E-state index < -0.39 is 0 Å². The number of aromatic nitrogens is 1. The van der Waals surface area contributed by atoms with Gasteiger partial charge < -0.3 is 16.2 Å². The van der Waals surface area contributed by atoms with Crippen LogP contribution in [-0.2, 0) is 0 Å². The van der Waals surface area contributed by atoms with Crippen LogP contribution in [0.5, 0.6) is 5.75 Å². The van der Waals surface area contributed by atoms with E-state index in [2.05, 4.69) is 18.8 Å². The lowest BCUT2D eigenvalue weighted by atomic mass is 10.1. The summed E-state index contributed by atoms with van der Waals surface area (Å²) in [7, 11) is 0. The molecule has 1 aromatic rings. The molecule has 0 bridgehead atoms. The number of hydrogen-bond donors (Lipinski definition) is 2. The summed E-state index contributed by atoms with van der Waals surface area (Å²) in [4.78, 5) is 3.86. The van der Waals surface area contributed by atoms with E-state index in [4.69, 9.17) is 16.2 Å². The molecule has 4 heteroatoms. The normalized spacial score (nSPS) is 12.4. The van der Waals surface area contributed by atoms with Gasteiger partial charge in [0.15, 0.2) is 0 Å². The van der Waals surface area contributed by atoms with Crippen LogP contribution < -0.4 is 16.2 Å². The molecule has 78 valence electrons. The van der Waals surface area contributed by atoms with Gasteiger partial charge in [0.1, 0.15) is 17.4 Å². The molecule has 0 aromatic carbocycles. The summed E-state index contributed by atoms with van der Waals surface area (Å²) in [6.45, 7) is 4.94. The van der Waals surface area contributed by atoms with Gasteiger partial charge in [0.05, 0.1) is 6.61 Å². The Morgan fingerprint density at radius 3 is 2.43 bits per heavy atom. The smallest absolute Gasteiger partial charge is 0.129 e. The maximum atomic E-state index is 5.53. The number of hydrogen-bond acceptors (Lipinski definition) is 4. The summed E-state index contributed by atoms with van der Waals surface area (Å²) in [5.74, 6) is 2.01. The predicted octanol–water partition coefficient (Wildman–Crippen LogP) is 1.67. The first-order valence-corrected chi connectivity index (χ1v) is 4.77. The number of ether oxygens (including phenoxy) is 1. The van der Waals surface area contributed by atoms with Gasteiger partial charge in [-0.15, -0.1) is 0 Å². The van der Waals surface area contributed by atoms with Crippen LogP contribution in [0.25, 0.3) is 0 Å². The first-order valence-electron chi connectivity index (χ1n) is 4.77. The highest BCUT2D eigenvalue weighted by atomic mass is 16.5. The Morgan fingerprint density at radius 1 is 1.36 bits per heavy atom. The van der Waals surface area contributed by atoms with Gasteiger partial charge in [-0.2, -0.15) is 0 Å². The second-order valence-electron chi connectivity index (χ2n) is 3.48. The van der Waals surface area contributed by atoms with Crippen molar-refractivity contribution in [1.29, 1.82) is 0 Å². The summed E-state index contributed by atoms with van der Waals surface area (Å²) in [5.41, 5.74) is 11.1. The number of rotatable bonds is 4. The highest BCUT2D eigenvalue weighted by Crippen LogP contribution is 2.17. The molecular formula is C10H17N3O. The summed E-state index contributed by atoms with van der Waals surface area (Å²) in [6, 6.07) is 3.36. The number of nitrogens with zero attached hydrogens (tertiary/aromatic N) is 1. The molecule has 0 aliphatic heterocycles. The quantitative estimate of drug-likeness (QED) is 0.766. The van der Waals surface area contributed by atoms with Gasteiger partial charge in [0.2, 0.25) is 0 Å².